The average Bonchev–Trinajstić information content (AvgIpc) is 3.45. The first-order valence-corrected chi connectivity index (χ1v) is 15.4. The van der Waals surface area contributed by atoms with Crippen molar-refractivity contribution in [2.45, 2.75) is 38.6 Å². The number of aliphatic hydroxyl groups excluding tert-OH is 1. The predicted molar refractivity (Wildman–Crippen MR) is 169 cm³/mol. The fraction of sp³-hybridized carbons (Fsp3) is 0.353. The zero-order valence-corrected chi connectivity index (χ0v) is 25.8. The second-order valence-electron chi connectivity index (χ2n) is 11.5. The number of imidazole rings is 1. The number of hydrogen-bond donors (Lipinski definition) is 2. The van der Waals surface area contributed by atoms with E-state index >= 15 is 0 Å². The first-order valence-electron chi connectivity index (χ1n) is 15.4. The van der Waals surface area contributed by atoms with Crippen LogP contribution in [0.4, 0.5) is 0 Å². The van der Waals surface area contributed by atoms with Gasteiger partial charge in [-0.1, -0.05) is 12.1 Å². The van der Waals surface area contributed by atoms with E-state index in [1.807, 2.05) is 41.8 Å². The topological polar surface area (TPSA) is 135 Å². The van der Waals surface area contributed by atoms with Crippen molar-refractivity contribution in [3.63, 3.8) is 0 Å². The van der Waals surface area contributed by atoms with E-state index in [9.17, 15) is 19.5 Å². The second kappa shape index (κ2) is 13.6. The molecule has 4 bridgehead atoms. The summed E-state index contributed by atoms with van der Waals surface area (Å²) in [4.78, 5) is 47.8. The van der Waals surface area contributed by atoms with Crippen molar-refractivity contribution < 1.29 is 33.7 Å². The van der Waals surface area contributed by atoms with Gasteiger partial charge in [-0.15, -0.1) is 0 Å². The normalized spacial score (nSPS) is 18.9. The third kappa shape index (κ3) is 6.82. The highest BCUT2D eigenvalue weighted by molar-refractivity contribution is 5.98. The molecule has 0 saturated carbocycles. The summed E-state index contributed by atoms with van der Waals surface area (Å²) in [5, 5.41) is 12.4. The highest BCUT2D eigenvalue weighted by Crippen LogP contribution is 2.29. The maximum atomic E-state index is 13.7. The molecular weight excluding hydrogens is 590 g/mol. The molecule has 4 aromatic rings. The summed E-state index contributed by atoms with van der Waals surface area (Å²) in [7, 11) is 1.56. The molecule has 3 heterocycles. The Morgan fingerprint density at radius 3 is 2.80 bits per heavy atom. The number of carbonyl (C=O) groups excluding carboxylic acids is 3. The molecule has 240 valence electrons. The third-order valence-corrected chi connectivity index (χ3v) is 8.16. The van der Waals surface area contributed by atoms with Crippen molar-refractivity contribution >= 4 is 28.8 Å². The summed E-state index contributed by atoms with van der Waals surface area (Å²) in [5.74, 6) is 0.581. The minimum absolute atomic E-state index is 0.0124. The maximum Gasteiger partial charge on any atom is 0.254 e. The monoisotopic (exact) mass is 627 g/mol. The van der Waals surface area contributed by atoms with E-state index in [4.69, 9.17) is 14.2 Å². The number of nitrogens with one attached hydrogen (secondary N) is 1. The summed E-state index contributed by atoms with van der Waals surface area (Å²) in [6, 6.07) is 17.3. The van der Waals surface area contributed by atoms with Gasteiger partial charge in [0.25, 0.3) is 11.8 Å². The summed E-state index contributed by atoms with van der Waals surface area (Å²) in [6.45, 7) is 3.41. The highest BCUT2D eigenvalue weighted by Gasteiger charge is 2.34. The quantitative estimate of drug-likeness (QED) is 0.345. The Labute approximate surface area is 266 Å². The molecule has 12 nitrogen and oxygen atoms in total. The summed E-state index contributed by atoms with van der Waals surface area (Å²) >= 11 is 0. The molecule has 6 rings (SSSR count). The van der Waals surface area contributed by atoms with Gasteiger partial charge in [0.2, 0.25) is 5.91 Å². The van der Waals surface area contributed by atoms with Gasteiger partial charge in [0, 0.05) is 43.9 Å². The minimum atomic E-state index is -0.513. The van der Waals surface area contributed by atoms with Crippen molar-refractivity contribution in [1.29, 1.82) is 0 Å². The molecule has 3 amide bonds. The lowest BCUT2D eigenvalue weighted by molar-refractivity contribution is -0.124. The largest absolute Gasteiger partial charge is 0.494 e. The van der Waals surface area contributed by atoms with E-state index in [-0.39, 0.29) is 50.1 Å². The molecule has 2 aliphatic rings. The van der Waals surface area contributed by atoms with Crippen molar-refractivity contribution in [3.8, 4) is 17.2 Å². The smallest absolute Gasteiger partial charge is 0.254 e. The lowest BCUT2D eigenvalue weighted by Crippen LogP contribution is -2.58. The number of hydrogen-bond acceptors (Lipinski definition) is 8. The van der Waals surface area contributed by atoms with Crippen LogP contribution in [0.3, 0.4) is 0 Å². The number of likely N-dealkylation sites (tertiary alicyclic amines) is 1. The van der Waals surface area contributed by atoms with E-state index < -0.39 is 6.04 Å². The Hall–Kier alpha value is -4.94. The van der Waals surface area contributed by atoms with E-state index in [0.29, 0.717) is 60.0 Å². The molecule has 1 fully saturated rings. The van der Waals surface area contributed by atoms with Gasteiger partial charge in [0.05, 0.1) is 55.9 Å². The van der Waals surface area contributed by atoms with Crippen LogP contribution >= 0.6 is 0 Å². The van der Waals surface area contributed by atoms with Gasteiger partial charge in [0.1, 0.15) is 17.2 Å². The van der Waals surface area contributed by atoms with Gasteiger partial charge in [-0.3, -0.25) is 14.4 Å². The predicted octanol–water partition coefficient (Wildman–Crippen LogP) is 3.22. The SMILES string of the molecule is CCOc1cc2cc(c1)C(=O)N(C)CC(=O)N[C@H]1CN(C(=O)c3ccc4c(c3)ncn4CCO)CC[C@H]1OCc1cccc(c1)O2. The molecule has 0 aliphatic carbocycles. The number of ether oxygens (including phenoxy) is 3. The Morgan fingerprint density at radius 2 is 1.98 bits per heavy atom. The van der Waals surface area contributed by atoms with Crippen molar-refractivity contribution in [3.05, 3.63) is 83.7 Å². The second-order valence-corrected chi connectivity index (χ2v) is 11.5. The highest BCUT2D eigenvalue weighted by atomic mass is 16.5. The number of rotatable bonds is 5. The molecule has 12 heteroatoms. The number of nitrogens with zero attached hydrogens (tertiary/aromatic N) is 4. The fourth-order valence-corrected chi connectivity index (χ4v) is 5.92. The molecule has 2 atom stereocenters. The van der Waals surface area contributed by atoms with Crippen LogP contribution in [0.25, 0.3) is 11.0 Å². The zero-order valence-electron chi connectivity index (χ0n) is 25.8. The number of likely N-dealkylation sites (N-methyl/N-ethyl adjacent to an activating group) is 1. The van der Waals surface area contributed by atoms with Crippen LogP contribution in [0.5, 0.6) is 17.2 Å². The number of benzene rings is 3. The molecule has 0 unspecified atom stereocenters. The standard InChI is InChI=1S/C34H37N5O7/c1-3-44-26-14-24-15-27(17-26)46-25-6-4-5-22(13-25)20-45-31-9-10-38(18-29(31)36-32(41)19-37(2)33(24)42)34(43)23-7-8-30-28(16-23)35-21-39(30)11-12-40/h4-8,13-17,21,29,31,40H,3,9-12,18-20H2,1-2H3,(H,36,41)/t29-,31+/m0/s1. The van der Waals surface area contributed by atoms with Crippen molar-refractivity contribution in [2.24, 2.45) is 0 Å². The molecule has 3 aromatic carbocycles. The van der Waals surface area contributed by atoms with Gasteiger partial charge in [0.15, 0.2) is 0 Å². The van der Waals surface area contributed by atoms with Crippen LogP contribution < -0.4 is 14.8 Å². The number of carbonyl (C=O) groups is 3. The Kier molecular flexibility index (Phi) is 9.18. The van der Waals surface area contributed by atoms with Crippen LogP contribution in [0.2, 0.25) is 0 Å². The van der Waals surface area contributed by atoms with Crippen molar-refractivity contribution in [1.82, 2.24) is 24.7 Å². The van der Waals surface area contributed by atoms with Gasteiger partial charge >= 0.3 is 0 Å². The van der Waals surface area contributed by atoms with E-state index in [0.717, 1.165) is 11.1 Å². The van der Waals surface area contributed by atoms with E-state index in [2.05, 4.69) is 10.3 Å². The summed E-state index contributed by atoms with van der Waals surface area (Å²) < 4.78 is 20.0. The van der Waals surface area contributed by atoms with Crippen LogP contribution in [-0.4, -0.2) is 94.2 Å². The van der Waals surface area contributed by atoms with Crippen LogP contribution in [0.1, 0.15) is 39.6 Å². The molecule has 46 heavy (non-hydrogen) atoms. The van der Waals surface area contributed by atoms with E-state index in [1.54, 1.807) is 48.6 Å². The van der Waals surface area contributed by atoms with Gasteiger partial charge in [-0.25, -0.2) is 4.98 Å². The first kappa shape index (κ1) is 31.1. The number of amides is 3. The number of aromatic nitrogens is 2. The maximum absolute atomic E-state index is 13.7. The molecule has 1 aromatic heterocycles. The minimum Gasteiger partial charge on any atom is -0.494 e. The molecule has 1 saturated heterocycles. The number of piperidine rings is 1. The summed E-state index contributed by atoms with van der Waals surface area (Å²) in [6.07, 6.45) is 1.77. The lowest BCUT2D eigenvalue weighted by Gasteiger charge is -2.39. The van der Waals surface area contributed by atoms with Gasteiger partial charge < -0.3 is 39.0 Å². The average molecular weight is 628 g/mol. The zero-order chi connectivity index (χ0) is 32.2. The Balaban J connectivity index is 1.25. The van der Waals surface area contributed by atoms with Gasteiger partial charge in [-0.05, 0) is 61.4 Å². The Bertz CT molecular complexity index is 1750. The molecule has 0 radical (unpaired) electrons. The molecule has 2 N–H and O–H groups in total. The van der Waals surface area contributed by atoms with E-state index in [1.165, 1.54) is 4.90 Å². The molecule has 2 aliphatic heterocycles. The third-order valence-electron chi connectivity index (χ3n) is 8.16. The van der Waals surface area contributed by atoms with Crippen molar-refractivity contribution in [2.75, 3.05) is 39.9 Å². The summed E-state index contributed by atoms with van der Waals surface area (Å²) in [5.41, 5.74) is 3.17. The first-order chi connectivity index (χ1) is 22.3. The Morgan fingerprint density at radius 1 is 1.11 bits per heavy atom. The lowest BCUT2D eigenvalue weighted by atomic mass is 10.00. The molecule has 0 spiro atoms. The van der Waals surface area contributed by atoms with Crippen LogP contribution in [-0.2, 0) is 22.7 Å². The fourth-order valence-electron chi connectivity index (χ4n) is 5.92. The van der Waals surface area contributed by atoms with Crippen LogP contribution in [0.15, 0.2) is 67.0 Å². The number of aliphatic hydroxyl groups is 1. The number of fused-ring (bicyclic) bond motifs is 6. The van der Waals surface area contributed by atoms with Gasteiger partial charge in [-0.2, -0.15) is 0 Å². The molecular formula is C34H37N5O7. The van der Waals surface area contributed by atoms with Crippen LogP contribution in [0, 0.1) is 0 Å².